The van der Waals surface area contributed by atoms with Gasteiger partial charge in [-0.05, 0) is 86.1 Å². The van der Waals surface area contributed by atoms with Crippen LogP contribution in [0.25, 0.3) is 0 Å². The number of ether oxygens (including phenoxy) is 1. The largest absolute Gasteiger partial charge is 0.399 e. The van der Waals surface area contributed by atoms with Gasteiger partial charge < -0.3 is 27.7 Å². The second kappa shape index (κ2) is 13.1. The molecule has 8 N–H and O–H groups in total. The van der Waals surface area contributed by atoms with E-state index in [-0.39, 0.29) is 12.2 Å². The second-order valence-corrected chi connectivity index (χ2v) is 8.76. The van der Waals surface area contributed by atoms with Crippen molar-refractivity contribution in [3.63, 3.8) is 0 Å². The Morgan fingerprint density at radius 1 is 0.581 bits per heavy atom. The van der Waals surface area contributed by atoms with Crippen LogP contribution in [0.4, 0.5) is 22.7 Å². The van der Waals surface area contributed by atoms with E-state index in [9.17, 15) is 0 Å². The SMILES string of the molecule is CCCCC(CCc1cc(N)cc(N)c1)OC(CCCC)CCc1cc(N)cc(N)c1. The molecule has 172 valence electrons. The van der Waals surface area contributed by atoms with Gasteiger partial charge in [-0.2, -0.15) is 0 Å². The molecule has 0 aliphatic carbocycles. The first kappa shape index (κ1) is 24.9. The zero-order chi connectivity index (χ0) is 22.6. The molecule has 31 heavy (non-hydrogen) atoms. The number of nitrogen functional groups attached to an aromatic ring is 4. The summed E-state index contributed by atoms with van der Waals surface area (Å²) < 4.78 is 6.69. The van der Waals surface area contributed by atoms with Crippen LogP contribution in [0.15, 0.2) is 36.4 Å². The van der Waals surface area contributed by atoms with E-state index >= 15 is 0 Å². The number of benzene rings is 2. The van der Waals surface area contributed by atoms with Crippen molar-refractivity contribution in [2.24, 2.45) is 0 Å². The van der Waals surface area contributed by atoms with Gasteiger partial charge in [0.25, 0.3) is 0 Å². The van der Waals surface area contributed by atoms with E-state index < -0.39 is 0 Å². The molecule has 0 fully saturated rings. The van der Waals surface area contributed by atoms with Crippen LogP contribution >= 0.6 is 0 Å². The fourth-order valence-electron chi connectivity index (χ4n) is 4.13. The molecule has 0 aromatic heterocycles. The highest BCUT2D eigenvalue weighted by molar-refractivity contribution is 5.55. The molecule has 0 bridgehead atoms. The average Bonchev–Trinajstić information content (AvgIpc) is 2.70. The first-order valence-electron chi connectivity index (χ1n) is 11.8. The predicted molar refractivity (Wildman–Crippen MR) is 135 cm³/mol. The maximum Gasteiger partial charge on any atom is 0.0582 e. The zero-order valence-corrected chi connectivity index (χ0v) is 19.4. The van der Waals surface area contributed by atoms with Crippen LogP contribution in [0, 0.1) is 0 Å². The molecule has 2 atom stereocenters. The molecule has 2 unspecified atom stereocenters. The molecule has 2 aromatic carbocycles. The Bertz CT molecular complexity index is 687. The van der Waals surface area contributed by atoms with Crippen LogP contribution in [0.5, 0.6) is 0 Å². The molecule has 0 aliphatic rings. The normalized spacial score (nSPS) is 13.2. The fourth-order valence-corrected chi connectivity index (χ4v) is 4.13. The van der Waals surface area contributed by atoms with Gasteiger partial charge in [-0.25, -0.2) is 0 Å². The molecular weight excluding hydrogens is 384 g/mol. The van der Waals surface area contributed by atoms with Crippen molar-refractivity contribution in [1.29, 1.82) is 0 Å². The van der Waals surface area contributed by atoms with Crippen molar-refractivity contribution in [1.82, 2.24) is 0 Å². The smallest absolute Gasteiger partial charge is 0.0582 e. The number of hydrogen-bond donors (Lipinski definition) is 4. The molecule has 0 aliphatic heterocycles. The van der Waals surface area contributed by atoms with E-state index in [4.69, 9.17) is 27.7 Å². The van der Waals surface area contributed by atoms with Crippen molar-refractivity contribution in [2.75, 3.05) is 22.9 Å². The Balaban J connectivity index is 2.01. The number of rotatable bonds is 14. The van der Waals surface area contributed by atoms with E-state index in [1.807, 2.05) is 24.3 Å². The maximum absolute atomic E-state index is 6.69. The first-order valence-corrected chi connectivity index (χ1v) is 11.8. The van der Waals surface area contributed by atoms with Crippen LogP contribution in [-0.2, 0) is 17.6 Å². The van der Waals surface area contributed by atoms with Crippen molar-refractivity contribution in [3.8, 4) is 0 Å². The van der Waals surface area contributed by atoms with Gasteiger partial charge in [0.1, 0.15) is 0 Å². The second-order valence-electron chi connectivity index (χ2n) is 8.76. The van der Waals surface area contributed by atoms with Crippen molar-refractivity contribution in [3.05, 3.63) is 47.5 Å². The van der Waals surface area contributed by atoms with E-state index in [1.54, 1.807) is 12.1 Å². The van der Waals surface area contributed by atoms with Gasteiger partial charge in [-0.1, -0.05) is 39.5 Å². The lowest BCUT2D eigenvalue weighted by Crippen LogP contribution is -2.24. The number of aryl methyl sites for hydroxylation is 2. The number of hydrogen-bond acceptors (Lipinski definition) is 5. The van der Waals surface area contributed by atoms with Gasteiger partial charge in [0.05, 0.1) is 12.2 Å². The predicted octanol–water partition coefficient (Wildman–Crippen LogP) is 5.72. The molecule has 0 heterocycles. The van der Waals surface area contributed by atoms with Crippen molar-refractivity contribution < 1.29 is 4.74 Å². The van der Waals surface area contributed by atoms with Gasteiger partial charge in [0, 0.05) is 22.7 Å². The zero-order valence-electron chi connectivity index (χ0n) is 19.4. The van der Waals surface area contributed by atoms with Crippen LogP contribution < -0.4 is 22.9 Å². The van der Waals surface area contributed by atoms with E-state index in [0.717, 1.165) is 61.3 Å². The summed E-state index contributed by atoms with van der Waals surface area (Å²) in [6.07, 6.45) is 11.2. The van der Waals surface area contributed by atoms with Crippen molar-refractivity contribution >= 4 is 22.7 Å². The highest BCUT2D eigenvalue weighted by Crippen LogP contribution is 2.23. The quantitative estimate of drug-likeness (QED) is 0.289. The molecule has 2 aromatic rings. The topological polar surface area (TPSA) is 113 Å². The van der Waals surface area contributed by atoms with E-state index in [2.05, 4.69) is 13.8 Å². The molecule has 5 heteroatoms. The summed E-state index contributed by atoms with van der Waals surface area (Å²) in [4.78, 5) is 0. The standard InChI is InChI=1S/C26H42N4O/c1-3-5-7-25(11-9-19-13-21(27)17-22(28)14-19)31-26(8-6-4-2)12-10-20-15-23(29)18-24(30)16-20/h13-18,25-26H,3-12,27-30H2,1-2H3. The summed E-state index contributed by atoms with van der Waals surface area (Å²) in [7, 11) is 0. The Hall–Kier alpha value is -2.40. The highest BCUT2D eigenvalue weighted by atomic mass is 16.5. The summed E-state index contributed by atoms with van der Waals surface area (Å²) in [6, 6.07) is 11.7. The first-order chi connectivity index (χ1) is 14.9. The lowest BCUT2D eigenvalue weighted by atomic mass is 9.99. The van der Waals surface area contributed by atoms with Crippen LogP contribution in [-0.4, -0.2) is 12.2 Å². The van der Waals surface area contributed by atoms with Gasteiger partial charge in [-0.15, -0.1) is 0 Å². The number of unbranched alkanes of at least 4 members (excludes halogenated alkanes) is 2. The summed E-state index contributed by atoms with van der Waals surface area (Å²) in [6.45, 7) is 4.46. The van der Waals surface area contributed by atoms with E-state index in [0.29, 0.717) is 0 Å². The maximum atomic E-state index is 6.69. The average molecular weight is 427 g/mol. The van der Waals surface area contributed by atoms with Gasteiger partial charge in [0.2, 0.25) is 0 Å². The minimum Gasteiger partial charge on any atom is -0.399 e. The summed E-state index contributed by atoms with van der Waals surface area (Å²) in [5.74, 6) is 0. The fraction of sp³-hybridized carbons (Fsp3) is 0.538. The summed E-state index contributed by atoms with van der Waals surface area (Å²) in [5.41, 5.74) is 29.1. The molecule has 0 amide bonds. The third-order valence-electron chi connectivity index (χ3n) is 5.73. The molecule has 5 nitrogen and oxygen atoms in total. The number of anilines is 4. The lowest BCUT2D eigenvalue weighted by Gasteiger charge is -2.26. The van der Waals surface area contributed by atoms with E-state index in [1.165, 1.54) is 36.8 Å². The monoisotopic (exact) mass is 426 g/mol. The van der Waals surface area contributed by atoms with Crippen LogP contribution in [0.2, 0.25) is 0 Å². The highest BCUT2D eigenvalue weighted by Gasteiger charge is 2.17. The third-order valence-corrected chi connectivity index (χ3v) is 5.73. The molecule has 0 radical (unpaired) electrons. The Morgan fingerprint density at radius 3 is 1.26 bits per heavy atom. The summed E-state index contributed by atoms with van der Waals surface area (Å²) >= 11 is 0. The van der Waals surface area contributed by atoms with Gasteiger partial charge in [-0.3, -0.25) is 0 Å². The lowest BCUT2D eigenvalue weighted by molar-refractivity contribution is -0.0296. The van der Waals surface area contributed by atoms with Crippen LogP contribution in [0.3, 0.4) is 0 Å². The molecule has 0 spiro atoms. The van der Waals surface area contributed by atoms with Crippen LogP contribution in [0.1, 0.15) is 76.3 Å². The Kier molecular flexibility index (Phi) is 10.5. The third kappa shape index (κ3) is 9.52. The minimum absolute atomic E-state index is 0.246. The molecule has 0 saturated heterocycles. The Morgan fingerprint density at radius 2 is 0.935 bits per heavy atom. The molecule has 2 rings (SSSR count). The molecule has 0 saturated carbocycles. The number of nitrogens with two attached hydrogens (primary N) is 4. The minimum atomic E-state index is 0.246. The van der Waals surface area contributed by atoms with Gasteiger partial charge in [0.15, 0.2) is 0 Å². The Labute approximate surface area is 188 Å². The van der Waals surface area contributed by atoms with Crippen molar-refractivity contribution in [2.45, 2.75) is 90.3 Å². The van der Waals surface area contributed by atoms with Gasteiger partial charge >= 0.3 is 0 Å². The summed E-state index contributed by atoms with van der Waals surface area (Å²) in [5, 5.41) is 0. The molecular formula is C26H42N4O.